The summed E-state index contributed by atoms with van der Waals surface area (Å²) in [7, 11) is -3.87. The van der Waals surface area contributed by atoms with E-state index in [1.807, 2.05) is 19.1 Å². The highest BCUT2D eigenvalue weighted by Crippen LogP contribution is 2.12. The smallest absolute Gasteiger partial charge is 0.321 e. The first kappa shape index (κ1) is 19.6. The molecule has 144 valence electrons. The molecule has 7 nitrogen and oxygen atoms in total. The molecule has 1 aromatic heterocycles. The summed E-state index contributed by atoms with van der Waals surface area (Å²) in [6, 6.07) is 11.2. The number of hydrogen-bond donors (Lipinski definition) is 1. The topological polar surface area (TPSA) is 82.6 Å². The minimum absolute atomic E-state index is 0.0760. The van der Waals surface area contributed by atoms with E-state index in [2.05, 4.69) is 14.6 Å². The quantitative estimate of drug-likeness (QED) is 0.784. The fourth-order valence-corrected chi connectivity index (χ4v) is 3.98. The molecule has 9 heteroatoms. The molecule has 1 fully saturated rings. The lowest BCUT2D eigenvalue weighted by Crippen LogP contribution is -2.52. The Labute approximate surface area is 164 Å². The average Bonchev–Trinajstić information content (AvgIpc) is 2.62. The molecule has 1 saturated heterocycles. The van der Waals surface area contributed by atoms with Gasteiger partial charge in [0.05, 0.1) is 10.6 Å². The average molecular weight is 409 g/mol. The lowest BCUT2D eigenvalue weighted by molar-refractivity contribution is 0.137. The van der Waals surface area contributed by atoms with E-state index in [1.165, 1.54) is 17.0 Å². The fourth-order valence-electron chi connectivity index (χ4n) is 2.83. The number of urea groups is 1. The first-order valence-corrected chi connectivity index (χ1v) is 10.4. The number of hydrogen-bond acceptors (Lipinski definition) is 5. The predicted octanol–water partition coefficient (Wildman–Crippen LogP) is 2.26. The van der Waals surface area contributed by atoms with Gasteiger partial charge in [0.15, 0.2) is 0 Å². The van der Waals surface area contributed by atoms with Gasteiger partial charge in [-0.1, -0.05) is 35.4 Å². The third-order valence-corrected chi connectivity index (χ3v) is 5.92. The van der Waals surface area contributed by atoms with Gasteiger partial charge in [-0.05, 0) is 31.2 Å². The van der Waals surface area contributed by atoms with Crippen LogP contribution in [0.1, 0.15) is 11.3 Å². The van der Waals surface area contributed by atoms with E-state index in [4.69, 9.17) is 11.6 Å². The molecular weight excluding hydrogens is 388 g/mol. The molecule has 0 saturated carbocycles. The van der Waals surface area contributed by atoms with E-state index in [1.54, 1.807) is 18.2 Å². The zero-order chi connectivity index (χ0) is 19.4. The van der Waals surface area contributed by atoms with Crippen LogP contribution in [0.3, 0.4) is 0 Å². The molecule has 0 atom stereocenters. The van der Waals surface area contributed by atoms with E-state index in [0.717, 1.165) is 11.3 Å². The number of sulfonamides is 1. The molecule has 2 heterocycles. The van der Waals surface area contributed by atoms with Crippen molar-refractivity contribution in [3.8, 4) is 0 Å². The Balaban J connectivity index is 1.54. The molecule has 3 rings (SSSR count). The third kappa shape index (κ3) is 5.18. The molecule has 1 aromatic carbocycles. The number of carbonyl (C=O) groups excluding carboxylic acids is 1. The maximum absolute atomic E-state index is 12.4. The van der Waals surface area contributed by atoms with E-state index in [0.29, 0.717) is 37.9 Å². The summed E-state index contributed by atoms with van der Waals surface area (Å²) in [6.07, 6.45) is 0. The van der Waals surface area contributed by atoms with Crippen molar-refractivity contribution in [3.63, 3.8) is 0 Å². The van der Waals surface area contributed by atoms with Gasteiger partial charge in [-0.15, -0.1) is 0 Å². The van der Waals surface area contributed by atoms with Gasteiger partial charge in [0.25, 0.3) is 10.0 Å². The van der Waals surface area contributed by atoms with Crippen LogP contribution in [0, 0.1) is 6.92 Å². The molecule has 0 spiro atoms. The number of piperazine rings is 1. The zero-order valence-corrected chi connectivity index (χ0v) is 16.5. The predicted molar refractivity (Wildman–Crippen MR) is 103 cm³/mol. The Bertz CT molecular complexity index is 910. The highest BCUT2D eigenvalue weighted by Gasteiger charge is 2.25. The summed E-state index contributed by atoms with van der Waals surface area (Å²) in [5.74, 6) is 0. The number of nitrogens with zero attached hydrogens (tertiary/aromatic N) is 3. The van der Waals surface area contributed by atoms with Crippen molar-refractivity contribution in [3.05, 3.63) is 58.9 Å². The van der Waals surface area contributed by atoms with Gasteiger partial charge in [0, 0.05) is 32.7 Å². The number of nitrogens with one attached hydrogen (secondary N) is 1. The van der Waals surface area contributed by atoms with Crippen molar-refractivity contribution in [1.82, 2.24) is 19.5 Å². The van der Waals surface area contributed by atoms with Crippen LogP contribution < -0.4 is 4.72 Å². The molecule has 0 aliphatic carbocycles. The lowest BCUT2D eigenvalue weighted by atomic mass is 10.2. The molecule has 0 bridgehead atoms. The Morgan fingerprint density at radius 3 is 2.41 bits per heavy atom. The van der Waals surface area contributed by atoms with Gasteiger partial charge in [0.2, 0.25) is 0 Å². The van der Waals surface area contributed by atoms with Gasteiger partial charge < -0.3 is 4.90 Å². The number of benzene rings is 1. The van der Waals surface area contributed by atoms with Crippen molar-refractivity contribution in [1.29, 1.82) is 0 Å². The van der Waals surface area contributed by atoms with Crippen LogP contribution in [-0.2, 0) is 16.6 Å². The number of halogens is 1. The summed E-state index contributed by atoms with van der Waals surface area (Å²) in [5.41, 5.74) is 1.81. The number of rotatable bonds is 4. The Hall–Kier alpha value is -2.16. The fraction of sp³-hybridized carbons (Fsp3) is 0.333. The number of amides is 2. The second-order valence-electron chi connectivity index (χ2n) is 6.44. The highest BCUT2D eigenvalue weighted by molar-refractivity contribution is 7.90. The summed E-state index contributed by atoms with van der Waals surface area (Å²) >= 11 is 5.90. The summed E-state index contributed by atoms with van der Waals surface area (Å²) in [5, 5.41) is 0.451. The van der Waals surface area contributed by atoms with Crippen LogP contribution in [-0.4, -0.2) is 55.4 Å². The van der Waals surface area contributed by atoms with Crippen molar-refractivity contribution in [2.45, 2.75) is 18.4 Å². The number of carbonyl (C=O) groups is 1. The molecule has 27 heavy (non-hydrogen) atoms. The zero-order valence-electron chi connectivity index (χ0n) is 14.9. The minimum atomic E-state index is -3.87. The molecular formula is C18H21ClN4O3S. The number of pyridine rings is 1. The summed E-state index contributed by atoms with van der Waals surface area (Å²) in [6.45, 7) is 4.65. The standard InChI is InChI=1S/C18H21ClN4O3S/c1-14-5-7-16(8-6-14)27(25,26)21-18(24)23-11-9-22(10-12-23)13-15-3-2-4-17(19)20-15/h2-8H,9-13H2,1H3,(H,21,24). The molecule has 1 N–H and O–H groups in total. The third-order valence-electron chi connectivity index (χ3n) is 4.37. The van der Waals surface area contributed by atoms with Crippen molar-refractivity contribution in [2.24, 2.45) is 0 Å². The molecule has 2 amide bonds. The monoisotopic (exact) mass is 408 g/mol. The second kappa shape index (κ2) is 8.24. The first-order chi connectivity index (χ1) is 12.8. The van der Waals surface area contributed by atoms with Crippen LogP contribution in [0.25, 0.3) is 0 Å². The van der Waals surface area contributed by atoms with E-state index < -0.39 is 16.1 Å². The lowest BCUT2D eigenvalue weighted by Gasteiger charge is -2.34. The Morgan fingerprint density at radius 2 is 1.78 bits per heavy atom. The van der Waals surface area contributed by atoms with Gasteiger partial charge in [0.1, 0.15) is 5.15 Å². The van der Waals surface area contributed by atoms with Crippen LogP contribution in [0.4, 0.5) is 4.79 Å². The second-order valence-corrected chi connectivity index (χ2v) is 8.51. The van der Waals surface area contributed by atoms with Gasteiger partial charge in [-0.3, -0.25) is 4.90 Å². The Kier molecular flexibility index (Phi) is 5.98. The maximum Gasteiger partial charge on any atom is 0.331 e. The molecule has 1 aliphatic heterocycles. The Morgan fingerprint density at radius 1 is 1.11 bits per heavy atom. The molecule has 1 aliphatic rings. The first-order valence-electron chi connectivity index (χ1n) is 8.56. The number of aromatic nitrogens is 1. The van der Waals surface area contributed by atoms with Crippen molar-refractivity contribution < 1.29 is 13.2 Å². The largest absolute Gasteiger partial charge is 0.331 e. The highest BCUT2D eigenvalue weighted by atomic mass is 35.5. The van der Waals surface area contributed by atoms with Crippen molar-refractivity contribution >= 4 is 27.7 Å². The van der Waals surface area contributed by atoms with Crippen LogP contribution in [0.2, 0.25) is 5.15 Å². The molecule has 0 unspecified atom stereocenters. The summed E-state index contributed by atoms with van der Waals surface area (Å²) in [4.78, 5) is 20.3. The van der Waals surface area contributed by atoms with Gasteiger partial charge in [-0.2, -0.15) is 0 Å². The number of aryl methyl sites for hydroxylation is 1. The molecule has 2 aromatic rings. The maximum atomic E-state index is 12.4. The van der Waals surface area contributed by atoms with Crippen LogP contribution in [0.5, 0.6) is 0 Å². The minimum Gasteiger partial charge on any atom is -0.321 e. The molecule has 0 radical (unpaired) electrons. The van der Waals surface area contributed by atoms with Crippen molar-refractivity contribution in [2.75, 3.05) is 26.2 Å². The van der Waals surface area contributed by atoms with E-state index in [9.17, 15) is 13.2 Å². The van der Waals surface area contributed by atoms with Crippen LogP contribution >= 0.6 is 11.6 Å². The van der Waals surface area contributed by atoms with Gasteiger partial charge >= 0.3 is 6.03 Å². The van der Waals surface area contributed by atoms with Crippen LogP contribution in [0.15, 0.2) is 47.4 Å². The normalized spacial score (nSPS) is 15.6. The van der Waals surface area contributed by atoms with Gasteiger partial charge in [-0.25, -0.2) is 22.9 Å². The van der Waals surface area contributed by atoms with E-state index >= 15 is 0 Å². The summed E-state index contributed by atoms with van der Waals surface area (Å²) < 4.78 is 26.8. The van der Waals surface area contributed by atoms with E-state index in [-0.39, 0.29) is 4.90 Å². The SMILES string of the molecule is Cc1ccc(S(=O)(=O)NC(=O)N2CCN(Cc3cccc(Cl)n3)CC2)cc1.